The van der Waals surface area contributed by atoms with Gasteiger partial charge in [0.05, 0.1) is 5.02 Å². The number of nitrogens with two attached hydrogens (primary N) is 1. The van der Waals surface area contributed by atoms with E-state index in [9.17, 15) is 0 Å². The van der Waals surface area contributed by atoms with Crippen molar-refractivity contribution in [3.8, 4) is 0 Å². The maximum Gasteiger partial charge on any atom is 0.105 e. The summed E-state index contributed by atoms with van der Waals surface area (Å²) in [6, 6.07) is 16.1. The van der Waals surface area contributed by atoms with Crippen molar-refractivity contribution in [2.75, 3.05) is 11.4 Å². The Labute approximate surface area is 136 Å². The number of hydrogen-bond acceptors (Lipinski definition) is 2. The zero-order valence-electron chi connectivity index (χ0n) is 12.1. The molecule has 110 valence electrons. The largest absolute Gasteiger partial charge is 0.389 e. The van der Waals surface area contributed by atoms with Crippen LogP contribution in [0.15, 0.2) is 48.5 Å². The summed E-state index contributed by atoms with van der Waals surface area (Å²) in [5.41, 5.74) is 8.60. The normalized spacial score (nSPS) is 10.4. The van der Waals surface area contributed by atoms with Crippen LogP contribution in [0.4, 0.5) is 11.4 Å². The van der Waals surface area contributed by atoms with E-state index in [0.29, 0.717) is 10.0 Å². The molecule has 0 spiro atoms. The molecule has 0 amide bonds. The van der Waals surface area contributed by atoms with Gasteiger partial charge in [-0.2, -0.15) is 0 Å². The minimum atomic E-state index is 0.325. The molecule has 21 heavy (non-hydrogen) atoms. The Morgan fingerprint density at radius 3 is 2.43 bits per heavy atom. The first-order valence-corrected chi connectivity index (χ1v) is 7.84. The number of thiocarbonyl (C=S) groups is 1. The van der Waals surface area contributed by atoms with Crippen molar-refractivity contribution in [3.05, 3.63) is 59.1 Å². The molecule has 0 fully saturated rings. The van der Waals surface area contributed by atoms with Crippen molar-refractivity contribution in [3.63, 3.8) is 0 Å². The highest BCUT2D eigenvalue weighted by molar-refractivity contribution is 7.80. The van der Waals surface area contributed by atoms with Crippen LogP contribution in [0, 0.1) is 0 Å². The zero-order chi connectivity index (χ0) is 15.2. The van der Waals surface area contributed by atoms with Crippen LogP contribution in [0.25, 0.3) is 0 Å². The van der Waals surface area contributed by atoms with Crippen molar-refractivity contribution in [1.29, 1.82) is 0 Å². The molecule has 2 rings (SSSR count). The predicted octanol–water partition coefficient (Wildman–Crippen LogP) is 4.91. The van der Waals surface area contributed by atoms with Gasteiger partial charge in [0.2, 0.25) is 0 Å². The topological polar surface area (TPSA) is 29.3 Å². The van der Waals surface area contributed by atoms with Gasteiger partial charge in [0.15, 0.2) is 0 Å². The summed E-state index contributed by atoms with van der Waals surface area (Å²) in [7, 11) is 0. The van der Waals surface area contributed by atoms with E-state index in [0.717, 1.165) is 36.3 Å². The Morgan fingerprint density at radius 2 is 1.86 bits per heavy atom. The Kier molecular flexibility index (Phi) is 5.59. The van der Waals surface area contributed by atoms with Crippen LogP contribution in [0.1, 0.15) is 25.3 Å². The average Bonchev–Trinajstić information content (AvgIpc) is 2.48. The third kappa shape index (κ3) is 3.96. The number of hydrogen-bond donors (Lipinski definition) is 1. The maximum atomic E-state index is 6.30. The standard InChI is InChI=1S/C17H19ClN2S/c1-2-3-11-20(13-7-5-4-6-8-13)14-9-10-15(17(19)21)16(18)12-14/h4-10,12H,2-3,11H2,1H3,(H2,19,21). The summed E-state index contributed by atoms with van der Waals surface area (Å²) < 4.78 is 0. The summed E-state index contributed by atoms with van der Waals surface area (Å²) >= 11 is 11.3. The van der Waals surface area contributed by atoms with Crippen LogP contribution in [-0.4, -0.2) is 11.5 Å². The second-order valence-corrected chi connectivity index (χ2v) is 5.72. The number of para-hydroxylation sites is 1. The maximum absolute atomic E-state index is 6.30. The molecular weight excluding hydrogens is 300 g/mol. The van der Waals surface area contributed by atoms with Crippen LogP contribution >= 0.6 is 23.8 Å². The minimum Gasteiger partial charge on any atom is -0.389 e. The summed E-state index contributed by atoms with van der Waals surface area (Å²) in [6.45, 7) is 3.13. The lowest BCUT2D eigenvalue weighted by atomic mass is 10.1. The first kappa shape index (κ1) is 15.8. The highest BCUT2D eigenvalue weighted by Gasteiger charge is 2.11. The number of anilines is 2. The van der Waals surface area contributed by atoms with Gasteiger partial charge in [-0.1, -0.05) is 55.4 Å². The first-order valence-electron chi connectivity index (χ1n) is 7.05. The van der Waals surface area contributed by atoms with Crippen LogP contribution < -0.4 is 10.6 Å². The molecule has 0 aliphatic rings. The quantitative estimate of drug-likeness (QED) is 0.767. The second-order valence-electron chi connectivity index (χ2n) is 4.87. The van der Waals surface area contributed by atoms with E-state index in [1.165, 1.54) is 0 Å². The minimum absolute atomic E-state index is 0.325. The van der Waals surface area contributed by atoms with E-state index in [1.54, 1.807) is 0 Å². The molecule has 0 unspecified atom stereocenters. The highest BCUT2D eigenvalue weighted by atomic mass is 35.5. The van der Waals surface area contributed by atoms with Crippen molar-refractivity contribution >= 4 is 40.2 Å². The molecule has 0 aliphatic heterocycles. The third-order valence-electron chi connectivity index (χ3n) is 3.33. The van der Waals surface area contributed by atoms with Crippen LogP contribution in [0.3, 0.4) is 0 Å². The van der Waals surface area contributed by atoms with Gasteiger partial charge in [0, 0.05) is 23.5 Å². The zero-order valence-corrected chi connectivity index (χ0v) is 13.6. The Hall–Kier alpha value is -1.58. The van der Waals surface area contributed by atoms with E-state index in [2.05, 4.69) is 24.0 Å². The number of benzene rings is 2. The number of unbranched alkanes of at least 4 members (excludes halogenated alkanes) is 1. The first-order chi connectivity index (χ1) is 10.1. The van der Waals surface area contributed by atoms with Gasteiger partial charge in [-0.05, 0) is 36.8 Å². The van der Waals surface area contributed by atoms with Gasteiger partial charge in [-0.15, -0.1) is 0 Å². The molecule has 4 heteroatoms. The molecule has 0 radical (unpaired) electrons. The van der Waals surface area contributed by atoms with Crippen LogP contribution in [-0.2, 0) is 0 Å². The van der Waals surface area contributed by atoms with Gasteiger partial charge in [-0.25, -0.2) is 0 Å². The Morgan fingerprint density at radius 1 is 1.14 bits per heavy atom. The van der Waals surface area contributed by atoms with Gasteiger partial charge in [0.25, 0.3) is 0 Å². The van der Waals surface area contributed by atoms with Crippen LogP contribution in [0.5, 0.6) is 0 Å². The molecule has 0 bridgehead atoms. The van der Waals surface area contributed by atoms with Gasteiger partial charge < -0.3 is 10.6 Å². The molecular formula is C17H19ClN2S. The third-order valence-corrected chi connectivity index (χ3v) is 3.87. The molecule has 0 heterocycles. The van der Waals surface area contributed by atoms with E-state index in [4.69, 9.17) is 29.6 Å². The van der Waals surface area contributed by atoms with E-state index < -0.39 is 0 Å². The van der Waals surface area contributed by atoms with E-state index >= 15 is 0 Å². The molecule has 2 aromatic carbocycles. The predicted molar refractivity (Wildman–Crippen MR) is 95.7 cm³/mol. The molecule has 0 aliphatic carbocycles. The molecule has 0 atom stereocenters. The lowest BCUT2D eigenvalue weighted by Crippen LogP contribution is -2.19. The molecule has 2 aromatic rings. The second kappa shape index (κ2) is 7.43. The molecule has 2 N–H and O–H groups in total. The van der Waals surface area contributed by atoms with Gasteiger partial charge >= 0.3 is 0 Å². The van der Waals surface area contributed by atoms with E-state index in [-0.39, 0.29) is 0 Å². The van der Waals surface area contributed by atoms with Crippen LogP contribution in [0.2, 0.25) is 5.02 Å². The summed E-state index contributed by atoms with van der Waals surface area (Å²) in [6.07, 6.45) is 2.26. The lowest BCUT2D eigenvalue weighted by molar-refractivity contribution is 0.786. The fourth-order valence-corrected chi connectivity index (χ4v) is 2.71. The van der Waals surface area contributed by atoms with Gasteiger partial charge in [-0.3, -0.25) is 0 Å². The fourth-order valence-electron chi connectivity index (χ4n) is 2.20. The summed E-state index contributed by atoms with van der Waals surface area (Å²) in [4.78, 5) is 2.59. The van der Waals surface area contributed by atoms with Crippen molar-refractivity contribution in [1.82, 2.24) is 0 Å². The highest BCUT2D eigenvalue weighted by Crippen LogP contribution is 2.29. The molecule has 0 saturated carbocycles. The van der Waals surface area contributed by atoms with E-state index in [1.807, 2.05) is 36.4 Å². The molecule has 2 nitrogen and oxygen atoms in total. The fraction of sp³-hybridized carbons (Fsp3) is 0.235. The lowest BCUT2D eigenvalue weighted by Gasteiger charge is -2.25. The summed E-state index contributed by atoms with van der Waals surface area (Å²) in [5, 5.41) is 0.595. The van der Waals surface area contributed by atoms with Crippen molar-refractivity contribution in [2.24, 2.45) is 5.73 Å². The average molecular weight is 319 g/mol. The number of rotatable bonds is 6. The van der Waals surface area contributed by atoms with Crippen molar-refractivity contribution < 1.29 is 0 Å². The van der Waals surface area contributed by atoms with Gasteiger partial charge in [0.1, 0.15) is 4.99 Å². The van der Waals surface area contributed by atoms with Crippen molar-refractivity contribution in [2.45, 2.75) is 19.8 Å². The number of nitrogens with zero attached hydrogens (tertiary/aromatic N) is 1. The SMILES string of the molecule is CCCCN(c1ccccc1)c1ccc(C(N)=S)c(Cl)c1. The monoisotopic (exact) mass is 318 g/mol. The smallest absolute Gasteiger partial charge is 0.105 e. The Balaban J connectivity index is 2.37. The molecule has 0 aromatic heterocycles. The number of halogens is 1. The Bertz CT molecular complexity index is 613. The molecule has 0 saturated heterocycles. The summed E-state index contributed by atoms with van der Waals surface area (Å²) in [5.74, 6) is 0.